The number of nitrogens with zero attached hydrogens (tertiary/aromatic N) is 2. The molecule has 2 rings (SSSR count). The van der Waals surface area contributed by atoms with Gasteiger partial charge in [-0.1, -0.05) is 31.3 Å². The Hall–Kier alpha value is -0.770. The highest BCUT2D eigenvalue weighted by Crippen LogP contribution is 2.29. The van der Waals surface area contributed by atoms with Gasteiger partial charge >= 0.3 is 6.01 Å². The van der Waals surface area contributed by atoms with Gasteiger partial charge in [-0.3, -0.25) is 0 Å². The predicted molar refractivity (Wildman–Crippen MR) is 63.5 cm³/mol. The van der Waals surface area contributed by atoms with E-state index in [-0.39, 0.29) is 5.88 Å². The zero-order valence-electron chi connectivity index (χ0n) is 9.58. The minimum absolute atomic E-state index is 0.272. The Morgan fingerprint density at radius 2 is 2.19 bits per heavy atom. The lowest BCUT2D eigenvalue weighted by molar-refractivity contribution is 0.267. The molecule has 0 aromatic carbocycles. The highest BCUT2D eigenvalue weighted by Gasteiger charge is 2.21. The molecular formula is C11H18ClN3O. The Morgan fingerprint density at radius 3 is 2.88 bits per heavy atom. The largest absolute Gasteiger partial charge is 0.407 e. The Kier molecular flexibility index (Phi) is 4.04. The molecule has 5 heteroatoms. The lowest BCUT2D eigenvalue weighted by atomic mass is 9.80. The van der Waals surface area contributed by atoms with Crippen LogP contribution < -0.4 is 5.32 Å². The summed E-state index contributed by atoms with van der Waals surface area (Å²) in [7, 11) is 0. The first kappa shape index (κ1) is 11.7. The zero-order valence-corrected chi connectivity index (χ0v) is 10.3. The molecule has 4 nitrogen and oxygen atoms in total. The van der Waals surface area contributed by atoms with E-state index in [4.69, 9.17) is 16.0 Å². The fourth-order valence-electron chi connectivity index (χ4n) is 2.29. The lowest BCUT2D eigenvalue weighted by Gasteiger charge is -2.28. The fraction of sp³-hybridized carbons (Fsp3) is 0.818. The van der Waals surface area contributed by atoms with Crippen LogP contribution in [0.5, 0.6) is 0 Å². The molecule has 1 aliphatic carbocycles. The van der Waals surface area contributed by atoms with E-state index in [1.807, 2.05) is 0 Å². The van der Waals surface area contributed by atoms with E-state index in [9.17, 15) is 0 Å². The number of alkyl halides is 1. The highest BCUT2D eigenvalue weighted by molar-refractivity contribution is 6.16. The van der Waals surface area contributed by atoms with Crippen molar-refractivity contribution in [2.75, 3.05) is 11.9 Å². The third-order valence-corrected chi connectivity index (χ3v) is 3.61. The van der Waals surface area contributed by atoms with Crippen molar-refractivity contribution in [3.05, 3.63) is 5.89 Å². The first-order valence-electron chi connectivity index (χ1n) is 5.92. The quantitative estimate of drug-likeness (QED) is 0.826. The molecule has 16 heavy (non-hydrogen) atoms. The number of hydrogen-bond donors (Lipinski definition) is 1. The van der Waals surface area contributed by atoms with Gasteiger partial charge in [-0.15, -0.1) is 16.7 Å². The van der Waals surface area contributed by atoms with Gasteiger partial charge in [0.2, 0.25) is 5.89 Å². The van der Waals surface area contributed by atoms with E-state index >= 15 is 0 Å². The van der Waals surface area contributed by atoms with Crippen molar-refractivity contribution in [2.24, 2.45) is 11.8 Å². The molecule has 0 bridgehead atoms. The van der Waals surface area contributed by atoms with Gasteiger partial charge in [-0.05, 0) is 18.3 Å². The van der Waals surface area contributed by atoms with Crippen LogP contribution in [0.15, 0.2) is 4.42 Å². The summed E-state index contributed by atoms with van der Waals surface area (Å²) in [6.45, 7) is 3.24. The summed E-state index contributed by atoms with van der Waals surface area (Å²) in [6.07, 6.45) is 5.34. The summed E-state index contributed by atoms with van der Waals surface area (Å²) < 4.78 is 5.29. The van der Waals surface area contributed by atoms with Crippen LogP contribution in [0.3, 0.4) is 0 Å². The van der Waals surface area contributed by atoms with E-state index in [0.717, 1.165) is 18.4 Å². The molecule has 1 fully saturated rings. The molecule has 90 valence electrons. The maximum atomic E-state index is 5.59. The average Bonchev–Trinajstić information content (AvgIpc) is 2.76. The molecule has 1 N–H and O–H groups in total. The maximum Gasteiger partial charge on any atom is 0.315 e. The van der Waals surface area contributed by atoms with Crippen molar-refractivity contribution in [1.29, 1.82) is 0 Å². The molecule has 0 aliphatic heterocycles. The Balaban J connectivity index is 1.81. The van der Waals surface area contributed by atoms with E-state index in [2.05, 4.69) is 22.4 Å². The molecule has 1 aromatic rings. The maximum absolute atomic E-state index is 5.59. The van der Waals surface area contributed by atoms with Crippen LogP contribution in [0.25, 0.3) is 0 Å². The number of hydrogen-bond acceptors (Lipinski definition) is 4. The van der Waals surface area contributed by atoms with Gasteiger partial charge in [0.15, 0.2) is 0 Å². The summed E-state index contributed by atoms with van der Waals surface area (Å²) >= 11 is 5.59. The summed E-state index contributed by atoms with van der Waals surface area (Å²) in [5.74, 6) is 2.26. The summed E-state index contributed by atoms with van der Waals surface area (Å²) in [4.78, 5) is 0. The first-order valence-corrected chi connectivity index (χ1v) is 6.45. The van der Waals surface area contributed by atoms with Crippen LogP contribution in [0, 0.1) is 11.8 Å². The van der Waals surface area contributed by atoms with Crippen LogP contribution in [0.2, 0.25) is 0 Å². The molecule has 0 amide bonds. The van der Waals surface area contributed by atoms with Crippen molar-refractivity contribution < 1.29 is 4.42 Å². The second kappa shape index (κ2) is 5.53. The highest BCUT2D eigenvalue weighted by atomic mass is 35.5. The number of rotatable bonds is 4. The summed E-state index contributed by atoms with van der Waals surface area (Å²) in [5, 5.41) is 10.9. The molecule has 0 saturated heterocycles. The summed E-state index contributed by atoms with van der Waals surface area (Å²) in [5.41, 5.74) is 0. The molecule has 0 spiro atoms. The molecule has 2 unspecified atom stereocenters. The average molecular weight is 244 g/mol. The SMILES string of the molecule is CC1CCCCC1CNc1nnc(CCl)o1. The van der Waals surface area contributed by atoms with Crippen molar-refractivity contribution in [3.63, 3.8) is 0 Å². The van der Waals surface area contributed by atoms with Gasteiger partial charge in [0.1, 0.15) is 5.88 Å². The molecule has 1 heterocycles. The standard InChI is InChI=1S/C11H18ClN3O/c1-8-4-2-3-5-9(8)7-13-11-15-14-10(6-12)16-11/h8-9H,2-7H2,1H3,(H,13,15). The Labute approximate surface area is 101 Å². The van der Waals surface area contributed by atoms with Gasteiger partial charge in [0.25, 0.3) is 0 Å². The van der Waals surface area contributed by atoms with E-state index in [0.29, 0.717) is 11.9 Å². The van der Waals surface area contributed by atoms with Crippen LogP contribution in [-0.4, -0.2) is 16.7 Å². The summed E-state index contributed by atoms with van der Waals surface area (Å²) in [6, 6.07) is 0.494. The molecule has 1 aliphatic rings. The lowest BCUT2D eigenvalue weighted by Crippen LogP contribution is -2.24. The third-order valence-electron chi connectivity index (χ3n) is 3.39. The van der Waals surface area contributed by atoms with Crippen molar-refractivity contribution >= 4 is 17.6 Å². The molecule has 2 atom stereocenters. The zero-order chi connectivity index (χ0) is 11.4. The van der Waals surface area contributed by atoms with Gasteiger partial charge in [-0.25, -0.2) is 0 Å². The van der Waals surface area contributed by atoms with E-state index < -0.39 is 0 Å². The molecular weight excluding hydrogens is 226 g/mol. The van der Waals surface area contributed by atoms with Gasteiger partial charge in [-0.2, -0.15) is 0 Å². The minimum atomic E-state index is 0.272. The number of aromatic nitrogens is 2. The Morgan fingerprint density at radius 1 is 1.38 bits per heavy atom. The third kappa shape index (κ3) is 2.88. The van der Waals surface area contributed by atoms with E-state index in [1.165, 1.54) is 25.7 Å². The fourth-order valence-corrected chi connectivity index (χ4v) is 2.40. The van der Waals surface area contributed by atoms with Crippen molar-refractivity contribution in [1.82, 2.24) is 10.2 Å². The number of nitrogens with one attached hydrogen (secondary N) is 1. The van der Waals surface area contributed by atoms with Crippen LogP contribution >= 0.6 is 11.6 Å². The normalized spacial score (nSPS) is 25.6. The van der Waals surface area contributed by atoms with Gasteiger partial charge in [0.05, 0.1) is 0 Å². The van der Waals surface area contributed by atoms with E-state index in [1.54, 1.807) is 0 Å². The van der Waals surface area contributed by atoms with Crippen LogP contribution in [0.1, 0.15) is 38.5 Å². The smallest absolute Gasteiger partial charge is 0.315 e. The minimum Gasteiger partial charge on any atom is -0.407 e. The van der Waals surface area contributed by atoms with Crippen LogP contribution in [-0.2, 0) is 5.88 Å². The van der Waals surface area contributed by atoms with Crippen LogP contribution in [0.4, 0.5) is 6.01 Å². The second-order valence-electron chi connectivity index (χ2n) is 4.54. The predicted octanol–water partition coefficient (Wildman–Crippen LogP) is 3.05. The van der Waals surface area contributed by atoms with Crippen molar-refractivity contribution in [2.45, 2.75) is 38.5 Å². The van der Waals surface area contributed by atoms with Gasteiger partial charge in [0, 0.05) is 6.54 Å². The van der Waals surface area contributed by atoms with Crippen molar-refractivity contribution in [3.8, 4) is 0 Å². The first-order chi connectivity index (χ1) is 7.79. The van der Waals surface area contributed by atoms with Gasteiger partial charge < -0.3 is 9.73 Å². The number of anilines is 1. The molecule has 1 aromatic heterocycles. The topological polar surface area (TPSA) is 51.0 Å². The monoisotopic (exact) mass is 243 g/mol. The molecule has 1 saturated carbocycles. The number of halogens is 1. The Bertz CT molecular complexity index is 329. The second-order valence-corrected chi connectivity index (χ2v) is 4.80. The molecule has 0 radical (unpaired) electrons.